The summed E-state index contributed by atoms with van der Waals surface area (Å²) >= 11 is 0. The van der Waals surface area contributed by atoms with Crippen molar-refractivity contribution in [3.05, 3.63) is 112 Å². The molecule has 0 aliphatic rings. The summed E-state index contributed by atoms with van der Waals surface area (Å²) in [7, 11) is -3.33. The third-order valence-electron chi connectivity index (χ3n) is 5.21. The molecule has 4 aromatic rings. The second-order valence-corrected chi connectivity index (χ2v) is 9.94. The molecule has 0 aliphatic carbocycles. The SMILES string of the molecule is CCOP(=O)(Cc1ncc(C(=O)NC(c2ccccc2)c2ccccc2)c(=O)[nH]1)c1cn[nH]c1. The van der Waals surface area contributed by atoms with Crippen molar-refractivity contribution in [3.8, 4) is 0 Å². The summed E-state index contributed by atoms with van der Waals surface area (Å²) in [6.45, 7) is 1.94. The molecule has 2 aromatic heterocycles. The predicted molar refractivity (Wildman–Crippen MR) is 128 cm³/mol. The van der Waals surface area contributed by atoms with E-state index in [-0.39, 0.29) is 24.2 Å². The lowest BCUT2D eigenvalue weighted by Crippen LogP contribution is -2.34. The Labute approximate surface area is 196 Å². The first-order valence-electron chi connectivity index (χ1n) is 10.7. The van der Waals surface area contributed by atoms with E-state index >= 15 is 0 Å². The van der Waals surface area contributed by atoms with E-state index in [4.69, 9.17) is 4.52 Å². The number of carbonyl (C=O) groups excluding carboxylic acids is 1. The Bertz CT molecular complexity index is 1300. The third kappa shape index (κ3) is 5.22. The van der Waals surface area contributed by atoms with Gasteiger partial charge in [0, 0.05) is 12.4 Å². The highest BCUT2D eigenvalue weighted by molar-refractivity contribution is 7.66. The standard InChI is InChI=1S/C24H24N5O4P/c1-2-33-34(32,19-13-26-27-14-19)16-21-25-15-20(23(30)28-21)24(31)29-22(17-9-5-3-6-10-17)18-11-7-4-8-12-18/h3-15,22H,2,16H2,1H3,(H,26,27)(H,29,31)(H,25,28,30). The van der Waals surface area contributed by atoms with Gasteiger partial charge in [0.2, 0.25) is 7.37 Å². The fourth-order valence-electron chi connectivity index (χ4n) is 3.58. The van der Waals surface area contributed by atoms with Crippen LogP contribution in [-0.4, -0.2) is 32.7 Å². The van der Waals surface area contributed by atoms with Crippen molar-refractivity contribution in [3.63, 3.8) is 0 Å². The van der Waals surface area contributed by atoms with Crippen LogP contribution in [0.3, 0.4) is 0 Å². The van der Waals surface area contributed by atoms with Crippen molar-refractivity contribution in [2.45, 2.75) is 19.1 Å². The van der Waals surface area contributed by atoms with Crippen molar-refractivity contribution >= 4 is 18.6 Å². The van der Waals surface area contributed by atoms with Crippen LogP contribution in [0.2, 0.25) is 0 Å². The van der Waals surface area contributed by atoms with Crippen LogP contribution in [0, 0.1) is 0 Å². The molecule has 9 nitrogen and oxygen atoms in total. The number of nitrogens with zero attached hydrogens (tertiary/aromatic N) is 2. The number of aromatic nitrogens is 4. The van der Waals surface area contributed by atoms with E-state index in [2.05, 4.69) is 25.5 Å². The molecule has 1 unspecified atom stereocenters. The Morgan fingerprint density at radius 1 is 1.06 bits per heavy atom. The normalized spacial score (nSPS) is 12.9. The Morgan fingerprint density at radius 2 is 1.71 bits per heavy atom. The van der Waals surface area contributed by atoms with Crippen LogP contribution < -0.4 is 16.2 Å². The second kappa shape index (κ2) is 10.4. The number of H-pyrrole nitrogens is 2. The fraction of sp³-hybridized carbons (Fsp3) is 0.167. The molecule has 2 aromatic carbocycles. The van der Waals surface area contributed by atoms with E-state index in [9.17, 15) is 14.2 Å². The lowest BCUT2D eigenvalue weighted by Gasteiger charge is -2.20. The Balaban J connectivity index is 1.58. The van der Waals surface area contributed by atoms with Gasteiger partial charge in [-0.1, -0.05) is 60.7 Å². The van der Waals surface area contributed by atoms with E-state index in [0.717, 1.165) is 11.1 Å². The zero-order valence-electron chi connectivity index (χ0n) is 18.5. The topological polar surface area (TPSA) is 130 Å². The van der Waals surface area contributed by atoms with E-state index in [0.29, 0.717) is 5.30 Å². The lowest BCUT2D eigenvalue weighted by molar-refractivity contribution is 0.0941. The van der Waals surface area contributed by atoms with E-state index in [1.165, 1.54) is 18.6 Å². The van der Waals surface area contributed by atoms with E-state index in [1.54, 1.807) is 6.92 Å². The van der Waals surface area contributed by atoms with Gasteiger partial charge in [0.1, 0.15) is 11.4 Å². The van der Waals surface area contributed by atoms with Crippen LogP contribution in [-0.2, 0) is 15.3 Å². The first-order chi connectivity index (χ1) is 16.5. The Morgan fingerprint density at radius 3 is 2.24 bits per heavy atom. The molecule has 0 radical (unpaired) electrons. The minimum atomic E-state index is -3.33. The van der Waals surface area contributed by atoms with Crippen molar-refractivity contribution < 1.29 is 13.9 Å². The van der Waals surface area contributed by atoms with Gasteiger partial charge in [-0.15, -0.1) is 0 Å². The van der Waals surface area contributed by atoms with Crippen molar-refractivity contribution in [2.75, 3.05) is 6.61 Å². The largest absolute Gasteiger partial charge is 0.341 e. The molecule has 34 heavy (non-hydrogen) atoms. The average molecular weight is 477 g/mol. The molecule has 2 heterocycles. The molecule has 10 heteroatoms. The van der Waals surface area contributed by atoms with E-state index < -0.39 is 24.9 Å². The first-order valence-corrected chi connectivity index (χ1v) is 12.5. The van der Waals surface area contributed by atoms with Crippen LogP contribution in [0.5, 0.6) is 0 Å². The van der Waals surface area contributed by atoms with Crippen molar-refractivity contribution in [1.82, 2.24) is 25.5 Å². The van der Waals surface area contributed by atoms with Crippen LogP contribution in [0.15, 0.2) is 84.0 Å². The number of amides is 1. The van der Waals surface area contributed by atoms with Gasteiger partial charge in [0.05, 0.1) is 30.3 Å². The molecule has 0 saturated carbocycles. The quantitative estimate of drug-likeness (QED) is 0.318. The molecule has 4 rings (SSSR count). The minimum Gasteiger partial charge on any atom is -0.341 e. The summed E-state index contributed by atoms with van der Waals surface area (Å²) in [6, 6.07) is 18.5. The number of aromatic amines is 2. The molecule has 1 atom stereocenters. The molecular weight excluding hydrogens is 453 g/mol. The zero-order chi connectivity index (χ0) is 24.0. The van der Waals surface area contributed by atoms with Gasteiger partial charge >= 0.3 is 0 Å². The number of carbonyl (C=O) groups is 1. The summed E-state index contributed by atoms with van der Waals surface area (Å²) in [4.78, 5) is 32.6. The summed E-state index contributed by atoms with van der Waals surface area (Å²) in [5.74, 6) is -0.414. The number of nitrogens with one attached hydrogen (secondary N) is 3. The average Bonchev–Trinajstić information content (AvgIpc) is 3.40. The fourth-order valence-corrected chi connectivity index (χ4v) is 5.46. The van der Waals surface area contributed by atoms with Crippen LogP contribution in [0.25, 0.3) is 0 Å². The maximum atomic E-state index is 13.3. The number of hydrogen-bond donors (Lipinski definition) is 3. The lowest BCUT2D eigenvalue weighted by atomic mass is 9.98. The Kier molecular flexibility index (Phi) is 7.15. The molecule has 0 aliphatic heterocycles. The van der Waals surface area contributed by atoms with Gasteiger partial charge in [-0.25, -0.2) is 4.98 Å². The van der Waals surface area contributed by atoms with Crippen molar-refractivity contribution in [2.24, 2.45) is 0 Å². The molecule has 0 saturated heterocycles. The maximum Gasteiger partial charge on any atom is 0.263 e. The highest BCUT2D eigenvalue weighted by Crippen LogP contribution is 2.48. The number of rotatable bonds is 9. The summed E-state index contributed by atoms with van der Waals surface area (Å²) < 4.78 is 18.8. The molecular formula is C24H24N5O4P. The summed E-state index contributed by atoms with van der Waals surface area (Å²) in [6.07, 6.45) is 3.98. The van der Waals surface area contributed by atoms with Gasteiger partial charge in [0.25, 0.3) is 11.5 Å². The highest BCUT2D eigenvalue weighted by Gasteiger charge is 2.29. The van der Waals surface area contributed by atoms with Crippen LogP contribution >= 0.6 is 7.37 Å². The van der Waals surface area contributed by atoms with Gasteiger partial charge < -0.3 is 14.8 Å². The van der Waals surface area contributed by atoms with Gasteiger partial charge in [-0.3, -0.25) is 19.3 Å². The smallest absolute Gasteiger partial charge is 0.263 e. The molecule has 0 fully saturated rings. The maximum absolute atomic E-state index is 13.3. The molecule has 0 bridgehead atoms. The highest BCUT2D eigenvalue weighted by atomic mass is 31.2. The number of benzene rings is 2. The molecule has 3 N–H and O–H groups in total. The number of hydrogen-bond acceptors (Lipinski definition) is 6. The van der Waals surface area contributed by atoms with Crippen LogP contribution in [0.1, 0.15) is 40.3 Å². The molecule has 1 amide bonds. The zero-order valence-corrected chi connectivity index (χ0v) is 19.4. The van der Waals surface area contributed by atoms with Gasteiger partial charge in [0.15, 0.2) is 0 Å². The summed E-state index contributed by atoms with van der Waals surface area (Å²) in [5, 5.41) is 9.76. The minimum absolute atomic E-state index is 0.131. The monoisotopic (exact) mass is 477 g/mol. The molecule has 174 valence electrons. The van der Waals surface area contributed by atoms with E-state index in [1.807, 2.05) is 60.7 Å². The van der Waals surface area contributed by atoms with Gasteiger partial charge in [-0.2, -0.15) is 5.10 Å². The molecule has 0 spiro atoms. The third-order valence-corrected chi connectivity index (χ3v) is 7.63. The first kappa shape index (κ1) is 23.4. The Hall–Kier alpha value is -3.81. The summed E-state index contributed by atoms with van der Waals surface area (Å²) in [5.41, 5.74) is 0.981. The van der Waals surface area contributed by atoms with Gasteiger partial charge in [-0.05, 0) is 18.1 Å². The second-order valence-electron chi connectivity index (χ2n) is 7.51. The van der Waals surface area contributed by atoms with Crippen LogP contribution in [0.4, 0.5) is 0 Å². The van der Waals surface area contributed by atoms with Crippen molar-refractivity contribution in [1.29, 1.82) is 0 Å². The predicted octanol–water partition coefficient (Wildman–Crippen LogP) is 3.15.